The number of anilines is 1. The molecule has 1 atom stereocenters. The molecule has 1 aliphatic heterocycles. The number of rotatable bonds is 7. The summed E-state index contributed by atoms with van der Waals surface area (Å²) in [6.07, 6.45) is 0.829. The number of benzene rings is 3. The van der Waals surface area contributed by atoms with Crippen molar-refractivity contribution >= 4 is 34.7 Å². The Labute approximate surface area is 203 Å². The second kappa shape index (κ2) is 10.0. The van der Waals surface area contributed by atoms with Crippen LogP contribution < -0.4 is 14.4 Å². The number of methoxy groups -OCH3 is 1. The van der Waals surface area contributed by atoms with Gasteiger partial charge in [0.25, 0.3) is 11.7 Å². The molecule has 6 nitrogen and oxygen atoms in total. The number of para-hydroxylation sites is 1. The zero-order valence-electron chi connectivity index (χ0n) is 18.8. The molecule has 7 heteroatoms. The van der Waals surface area contributed by atoms with Crippen LogP contribution in [-0.4, -0.2) is 30.5 Å². The summed E-state index contributed by atoms with van der Waals surface area (Å²) in [7, 11) is 1.52. The topological polar surface area (TPSA) is 76.1 Å². The van der Waals surface area contributed by atoms with Crippen molar-refractivity contribution in [2.45, 2.75) is 19.4 Å². The minimum atomic E-state index is -0.920. The molecule has 1 saturated heterocycles. The van der Waals surface area contributed by atoms with Crippen molar-refractivity contribution in [2.24, 2.45) is 0 Å². The Kier molecular flexibility index (Phi) is 6.89. The lowest BCUT2D eigenvalue weighted by Gasteiger charge is -2.27. The molecule has 3 aromatic rings. The predicted octanol–water partition coefficient (Wildman–Crippen LogP) is 5.76. The molecule has 34 heavy (non-hydrogen) atoms. The lowest BCUT2D eigenvalue weighted by atomic mass is 9.94. The van der Waals surface area contributed by atoms with Crippen molar-refractivity contribution in [3.63, 3.8) is 0 Å². The summed E-state index contributed by atoms with van der Waals surface area (Å²) < 4.78 is 11.3. The van der Waals surface area contributed by atoms with Gasteiger partial charge in [0, 0.05) is 27.9 Å². The Bertz CT molecular complexity index is 1270. The fourth-order valence-corrected chi connectivity index (χ4v) is 4.21. The quantitative estimate of drug-likeness (QED) is 0.266. The molecular formula is C27H24ClNO5. The van der Waals surface area contributed by atoms with E-state index < -0.39 is 17.7 Å². The van der Waals surface area contributed by atoms with Crippen LogP contribution in [0.4, 0.5) is 5.69 Å². The van der Waals surface area contributed by atoms with Gasteiger partial charge in [-0.2, -0.15) is 0 Å². The number of carbonyl (C=O) groups excluding carboxylic acids is 2. The molecular weight excluding hydrogens is 454 g/mol. The molecule has 1 aliphatic rings. The van der Waals surface area contributed by atoms with Gasteiger partial charge in [-0.3, -0.25) is 14.5 Å². The number of aliphatic hydroxyl groups excluding tert-OH is 1. The molecule has 0 saturated carbocycles. The largest absolute Gasteiger partial charge is 0.507 e. The van der Waals surface area contributed by atoms with Gasteiger partial charge in [-0.25, -0.2) is 0 Å². The van der Waals surface area contributed by atoms with Crippen molar-refractivity contribution in [1.82, 2.24) is 0 Å². The van der Waals surface area contributed by atoms with Crippen LogP contribution in [0.1, 0.15) is 30.5 Å². The molecule has 174 valence electrons. The van der Waals surface area contributed by atoms with E-state index in [0.717, 1.165) is 6.42 Å². The molecule has 0 aromatic heterocycles. The molecule has 1 unspecified atom stereocenters. The number of Topliss-reactive ketones (excluding diaryl/α,β-unsaturated/α-hetero) is 1. The Hall–Kier alpha value is -3.77. The SMILES string of the molecule is CCCOc1cccc(N2C(=O)C(=O)/C(=C(/O)c3cccc(Cl)c3)C2c2ccccc2OC)c1. The van der Waals surface area contributed by atoms with Crippen LogP contribution in [0.2, 0.25) is 5.02 Å². The van der Waals surface area contributed by atoms with Gasteiger partial charge in [-0.1, -0.05) is 54.9 Å². The highest BCUT2D eigenvalue weighted by molar-refractivity contribution is 6.51. The van der Waals surface area contributed by atoms with Gasteiger partial charge in [0.1, 0.15) is 17.3 Å². The van der Waals surface area contributed by atoms with Gasteiger partial charge in [-0.15, -0.1) is 0 Å². The summed E-state index contributed by atoms with van der Waals surface area (Å²) in [5.41, 5.74) is 1.33. The van der Waals surface area contributed by atoms with Crippen LogP contribution >= 0.6 is 11.6 Å². The fourth-order valence-electron chi connectivity index (χ4n) is 4.02. The highest BCUT2D eigenvalue weighted by atomic mass is 35.5. The Balaban J connectivity index is 1.94. The summed E-state index contributed by atoms with van der Waals surface area (Å²) in [6, 6.07) is 19.7. The molecule has 1 N–H and O–H groups in total. The van der Waals surface area contributed by atoms with Crippen molar-refractivity contribution in [3.05, 3.63) is 94.5 Å². The standard InChI is InChI=1S/C27H24ClNO5/c1-3-14-34-20-11-7-10-19(16-20)29-24(21-12-4-5-13-22(21)33-2)23(26(31)27(29)32)25(30)17-8-6-9-18(28)15-17/h4-13,15-16,24,30H,3,14H2,1-2H3/b25-23+. The van der Waals surface area contributed by atoms with Crippen molar-refractivity contribution in [1.29, 1.82) is 0 Å². The van der Waals surface area contributed by atoms with E-state index in [1.165, 1.54) is 12.0 Å². The molecule has 0 radical (unpaired) electrons. The number of ether oxygens (including phenoxy) is 2. The lowest BCUT2D eigenvalue weighted by molar-refractivity contribution is -0.132. The number of nitrogens with zero attached hydrogens (tertiary/aromatic N) is 1. The van der Waals surface area contributed by atoms with E-state index in [2.05, 4.69) is 0 Å². The number of amides is 1. The molecule has 4 rings (SSSR count). The maximum absolute atomic E-state index is 13.4. The second-order valence-corrected chi connectivity index (χ2v) is 8.20. The van der Waals surface area contributed by atoms with Crippen LogP contribution in [0.3, 0.4) is 0 Å². The number of carbonyl (C=O) groups is 2. The summed E-state index contributed by atoms with van der Waals surface area (Å²) in [5, 5.41) is 11.6. The van der Waals surface area contributed by atoms with Gasteiger partial charge >= 0.3 is 0 Å². The van der Waals surface area contributed by atoms with Gasteiger partial charge < -0.3 is 14.6 Å². The maximum Gasteiger partial charge on any atom is 0.300 e. The first-order valence-corrected chi connectivity index (χ1v) is 11.3. The van der Waals surface area contributed by atoms with Crippen LogP contribution in [0.5, 0.6) is 11.5 Å². The first kappa shape index (κ1) is 23.4. The first-order valence-electron chi connectivity index (χ1n) is 10.9. The average Bonchev–Trinajstić information content (AvgIpc) is 3.12. The minimum absolute atomic E-state index is 0.0448. The fraction of sp³-hybridized carbons (Fsp3) is 0.185. The highest BCUT2D eigenvalue weighted by Gasteiger charge is 2.48. The Morgan fingerprint density at radius 3 is 2.53 bits per heavy atom. The molecule has 1 fully saturated rings. The van der Waals surface area contributed by atoms with Crippen molar-refractivity contribution in [2.75, 3.05) is 18.6 Å². The van der Waals surface area contributed by atoms with E-state index in [1.54, 1.807) is 72.8 Å². The van der Waals surface area contributed by atoms with Crippen molar-refractivity contribution < 1.29 is 24.2 Å². The summed E-state index contributed by atoms with van der Waals surface area (Å²) in [5.74, 6) is -0.803. The Morgan fingerprint density at radius 1 is 1.03 bits per heavy atom. The van der Waals surface area contributed by atoms with Crippen LogP contribution in [0.25, 0.3) is 5.76 Å². The molecule has 0 spiro atoms. The molecule has 0 aliphatic carbocycles. The first-order chi connectivity index (χ1) is 16.5. The number of hydrogen-bond donors (Lipinski definition) is 1. The predicted molar refractivity (Wildman–Crippen MR) is 131 cm³/mol. The number of aliphatic hydroxyl groups is 1. The number of hydrogen-bond acceptors (Lipinski definition) is 5. The monoisotopic (exact) mass is 477 g/mol. The molecule has 0 bridgehead atoms. The van der Waals surface area contributed by atoms with E-state index >= 15 is 0 Å². The number of halogens is 1. The summed E-state index contributed by atoms with van der Waals surface area (Å²) >= 11 is 6.12. The van der Waals surface area contributed by atoms with Gasteiger partial charge in [0.15, 0.2) is 0 Å². The molecule has 1 amide bonds. The molecule has 3 aromatic carbocycles. The van der Waals surface area contributed by atoms with E-state index in [0.29, 0.717) is 39.9 Å². The second-order valence-electron chi connectivity index (χ2n) is 7.77. The maximum atomic E-state index is 13.4. The van der Waals surface area contributed by atoms with Crippen LogP contribution in [0, 0.1) is 0 Å². The van der Waals surface area contributed by atoms with Gasteiger partial charge in [0.2, 0.25) is 0 Å². The zero-order valence-corrected chi connectivity index (χ0v) is 19.6. The van der Waals surface area contributed by atoms with E-state index in [1.807, 2.05) is 6.92 Å². The zero-order chi connectivity index (χ0) is 24.2. The normalized spacial score (nSPS) is 17.1. The number of ketones is 1. The van der Waals surface area contributed by atoms with Crippen molar-refractivity contribution in [3.8, 4) is 11.5 Å². The van der Waals surface area contributed by atoms with E-state index in [9.17, 15) is 14.7 Å². The van der Waals surface area contributed by atoms with E-state index in [-0.39, 0.29) is 11.3 Å². The van der Waals surface area contributed by atoms with E-state index in [4.69, 9.17) is 21.1 Å². The van der Waals surface area contributed by atoms with Gasteiger partial charge in [-0.05, 0) is 36.8 Å². The lowest BCUT2D eigenvalue weighted by Crippen LogP contribution is -2.29. The third kappa shape index (κ3) is 4.37. The Morgan fingerprint density at radius 2 is 1.79 bits per heavy atom. The summed E-state index contributed by atoms with van der Waals surface area (Å²) in [4.78, 5) is 28.0. The average molecular weight is 478 g/mol. The minimum Gasteiger partial charge on any atom is -0.507 e. The highest BCUT2D eigenvalue weighted by Crippen LogP contribution is 2.45. The van der Waals surface area contributed by atoms with Gasteiger partial charge in [0.05, 0.1) is 25.3 Å². The summed E-state index contributed by atoms with van der Waals surface area (Å²) in [6.45, 7) is 2.52. The smallest absolute Gasteiger partial charge is 0.300 e. The third-order valence-corrected chi connectivity index (χ3v) is 5.78. The molecule has 1 heterocycles. The van der Waals surface area contributed by atoms with Crippen LogP contribution in [-0.2, 0) is 9.59 Å². The van der Waals surface area contributed by atoms with Crippen LogP contribution in [0.15, 0.2) is 78.4 Å². The third-order valence-electron chi connectivity index (χ3n) is 5.54.